The Morgan fingerprint density at radius 3 is 2.34 bits per heavy atom. The van der Waals surface area contributed by atoms with Crippen LogP contribution in [0.5, 0.6) is 0 Å². The Labute approximate surface area is 169 Å². The summed E-state index contributed by atoms with van der Waals surface area (Å²) in [5.74, 6) is -0.320. The monoisotopic (exact) mass is 383 g/mol. The van der Waals surface area contributed by atoms with Crippen molar-refractivity contribution in [2.24, 2.45) is 0 Å². The molecule has 0 aromatic heterocycles. The quantitative estimate of drug-likeness (QED) is 0.731. The number of nitrogens with one attached hydrogen (secondary N) is 1. The van der Waals surface area contributed by atoms with Crippen molar-refractivity contribution in [3.8, 4) is 0 Å². The Balaban J connectivity index is 1.81. The van der Waals surface area contributed by atoms with Gasteiger partial charge in [0.2, 0.25) is 5.66 Å². The van der Waals surface area contributed by atoms with Crippen LogP contribution in [0.4, 0.5) is 17.1 Å². The van der Waals surface area contributed by atoms with E-state index < -0.39 is 5.66 Å². The van der Waals surface area contributed by atoms with Crippen molar-refractivity contribution in [1.29, 1.82) is 0 Å². The molecule has 1 unspecified atom stereocenters. The van der Waals surface area contributed by atoms with Crippen molar-refractivity contribution in [3.63, 3.8) is 0 Å². The summed E-state index contributed by atoms with van der Waals surface area (Å²) in [6, 6.07) is 24.5. The third-order valence-electron chi connectivity index (χ3n) is 5.61. The number of fused-ring (bicyclic) bond motifs is 3. The number of carbonyl (C=O) groups excluding carboxylic acids is 2. The van der Waals surface area contributed by atoms with Gasteiger partial charge in [0.1, 0.15) is 0 Å². The van der Waals surface area contributed by atoms with Crippen molar-refractivity contribution < 1.29 is 9.59 Å². The first kappa shape index (κ1) is 17.5. The lowest BCUT2D eigenvalue weighted by Crippen LogP contribution is -2.63. The lowest BCUT2D eigenvalue weighted by atomic mass is 9.92. The predicted octanol–water partition coefficient (Wildman–Crippen LogP) is 4.37. The molecule has 1 spiro atoms. The van der Waals surface area contributed by atoms with Gasteiger partial charge < -0.3 is 10.2 Å². The molecule has 5 heteroatoms. The van der Waals surface area contributed by atoms with Crippen LogP contribution in [0.2, 0.25) is 0 Å². The molecule has 0 saturated carbocycles. The first-order valence-corrected chi connectivity index (χ1v) is 9.87. The molecule has 2 amide bonds. The van der Waals surface area contributed by atoms with Gasteiger partial charge >= 0.3 is 0 Å². The number of nitrogens with zero attached hydrogens (tertiary/aromatic N) is 2. The fraction of sp³-hybridized carbons (Fsp3) is 0.167. The second-order valence-corrected chi connectivity index (χ2v) is 7.33. The molecule has 0 bridgehead atoms. The molecule has 1 atom stereocenters. The van der Waals surface area contributed by atoms with Gasteiger partial charge in [-0.2, -0.15) is 0 Å². The molecule has 1 N–H and O–H groups in total. The first-order chi connectivity index (χ1) is 14.2. The maximum atomic E-state index is 13.9. The van der Waals surface area contributed by atoms with Crippen LogP contribution in [0, 0.1) is 0 Å². The van der Waals surface area contributed by atoms with Gasteiger partial charge in [-0.3, -0.25) is 14.5 Å². The number of para-hydroxylation sites is 3. The maximum Gasteiger partial charge on any atom is 0.279 e. The van der Waals surface area contributed by atoms with E-state index in [2.05, 4.69) is 5.32 Å². The highest BCUT2D eigenvalue weighted by atomic mass is 16.2. The van der Waals surface area contributed by atoms with E-state index in [0.29, 0.717) is 23.5 Å². The normalized spacial score (nSPS) is 19.9. The molecule has 29 heavy (non-hydrogen) atoms. The van der Waals surface area contributed by atoms with Gasteiger partial charge in [-0.05, 0) is 36.8 Å². The second kappa shape index (κ2) is 6.48. The summed E-state index contributed by atoms with van der Waals surface area (Å²) in [6.07, 6.45) is 0.825. The summed E-state index contributed by atoms with van der Waals surface area (Å²) in [6.45, 7) is 2.64. The van der Waals surface area contributed by atoms with E-state index in [1.165, 1.54) is 0 Å². The number of amides is 2. The molecule has 0 aliphatic carbocycles. The summed E-state index contributed by atoms with van der Waals surface area (Å²) < 4.78 is 0. The van der Waals surface area contributed by atoms with Crippen molar-refractivity contribution >= 4 is 28.9 Å². The number of hydrogen-bond acceptors (Lipinski definition) is 3. The lowest BCUT2D eigenvalue weighted by Gasteiger charge is -2.45. The number of rotatable bonds is 3. The van der Waals surface area contributed by atoms with E-state index in [1.54, 1.807) is 15.9 Å². The van der Waals surface area contributed by atoms with E-state index in [4.69, 9.17) is 0 Å². The van der Waals surface area contributed by atoms with E-state index in [1.807, 2.05) is 79.7 Å². The van der Waals surface area contributed by atoms with E-state index >= 15 is 0 Å². The molecular weight excluding hydrogens is 362 g/mol. The van der Waals surface area contributed by atoms with Gasteiger partial charge in [0.25, 0.3) is 11.8 Å². The molecule has 0 fully saturated rings. The van der Waals surface area contributed by atoms with Crippen molar-refractivity contribution in [2.45, 2.75) is 19.0 Å². The van der Waals surface area contributed by atoms with Gasteiger partial charge in [0.05, 0.1) is 11.3 Å². The number of hydrogen-bond donors (Lipinski definition) is 1. The van der Waals surface area contributed by atoms with Gasteiger partial charge in [-0.25, -0.2) is 0 Å². The summed E-state index contributed by atoms with van der Waals surface area (Å²) in [5.41, 5.74) is 2.25. The predicted molar refractivity (Wildman–Crippen MR) is 114 cm³/mol. The molecule has 5 nitrogen and oxygen atoms in total. The van der Waals surface area contributed by atoms with Crippen LogP contribution < -0.4 is 15.1 Å². The molecular formula is C24H21N3O2. The topological polar surface area (TPSA) is 52.7 Å². The minimum atomic E-state index is -1.31. The Bertz CT molecular complexity index is 1110. The third kappa shape index (κ3) is 2.34. The molecule has 144 valence electrons. The zero-order chi connectivity index (χ0) is 20.0. The number of anilines is 3. The second-order valence-electron chi connectivity index (χ2n) is 7.33. The largest absolute Gasteiger partial charge is 0.350 e. The molecule has 2 aliphatic rings. The number of benzene rings is 3. The first-order valence-electron chi connectivity index (χ1n) is 9.87. The van der Waals surface area contributed by atoms with Crippen LogP contribution in [-0.2, 0) is 10.5 Å². The molecule has 0 saturated heterocycles. The zero-order valence-corrected chi connectivity index (χ0v) is 16.1. The lowest BCUT2D eigenvalue weighted by molar-refractivity contribution is -0.122. The standard InChI is InChI=1S/C24H21N3O2/c1-2-16-26-21-15-9-7-13-19(21)24(23(26)29)25-20-14-8-6-12-18(20)22(28)27(24)17-10-4-3-5-11-17/h3-15,25H,2,16H2,1H3. The average Bonchev–Trinajstić information content (AvgIpc) is 2.98. The highest BCUT2D eigenvalue weighted by Crippen LogP contribution is 2.49. The van der Waals surface area contributed by atoms with Crippen molar-refractivity contribution in [1.82, 2.24) is 0 Å². The van der Waals surface area contributed by atoms with Gasteiger partial charge in [-0.15, -0.1) is 0 Å². The highest BCUT2D eigenvalue weighted by Gasteiger charge is 2.59. The van der Waals surface area contributed by atoms with E-state index in [-0.39, 0.29) is 11.8 Å². The summed E-state index contributed by atoms with van der Waals surface area (Å²) >= 11 is 0. The fourth-order valence-electron chi connectivity index (χ4n) is 4.41. The fourth-order valence-corrected chi connectivity index (χ4v) is 4.41. The Morgan fingerprint density at radius 2 is 1.55 bits per heavy atom. The van der Waals surface area contributed by atoms with Gasteiger partial charge in [0.15, 0.2) is 0 Å². The highest BCUT2D eigenvalue weighted by molar-refractivity contribution is 6.22. The van der Waals surface area contributed by atoms with E-state index in [0.717, 1.165) is 17.7 Å². The van der Waals surface area contributed by atoms with Crippen LogP contribution in [-0.4, -0.2) is 18.4 Å². The third-order valence-corrected chi connectivity index (χ3v) is 5.61. The average molecular weight is 383 g/mol. The van der Waals surface area contributed by atoms with E-state index in [9.17, 15) is 9.59 Å². The minimum Gasteiger partial charge on any atom is -0.350 e. The molecule has 0 radical (unpaired) electrons. The summed E-state index contributed by atoms with van der Waals surface area (Å²) in [7, 11) is 0. The van der Waals surface area contributed by atoms with Crippen molar-refractivity contribution in [3.05, 3.63) is 90.0 Å². The minimum absolute atomic E-state index is 0.132. The van der Waals surface area contributed by atoms with Gasteiger partial charge in [0, 0.05) is 23.5 Å². The van der Waals surface area contributed by atoms with Crippen LogP contribution in [0.1, 0.15) is 29.3 Å². The Hall–Kier alpha value is -3.60. The molecule has 3 aromatic carbocycles. The maximum absolute atomic E-state index is 13.9. The van der Waals surface area contributed by atoms with Crippen molar-refractivity contribution in [2.75, 3.05) is 21.7 Å². The molecule has 2 heterocycles. The Morgan fingerprint density at radius 1 is 0.862 bits per heavy atom. The molecule has 2 aliphatic heterocycles. The van der Waals surface area contributed by atoms with Crippen LogP contribution >= 0.6 is 0 Å². The summed E-state index contributed by atoms with van der Waals surface area (Å²) in [4.78, 5) is 31.1. The smallest absolute Gasteiger partial charge is 0.279 e. The molecule has 3 aromatic rings. The molecule has 5 rings (SSSR count). The summed E-state index contributed by atoms with van der Waals surface area (Å²) in [5, 5.41) is 3.46. The van der Waals surface area contributed by atoms with Gasteiger partial charge in [-0.1, -0.05) is 55.5 Å². The SMILES string of the molecule is CCCN1C(=O)C2(Nc3ccccc3C(=O)N2c2ccccc2)c2ccccc21. The Kier molecular flexibility index (Phi) is 3.91. The van der Waals surface area contributed by atoms with Crippen LogP contribution in [0.25, 0.3) is 0 Å². The zero-order valence-electron chi connectivity index (χ0n) is 16.1. The van der Waals surface area contributed by atoms with Crippen LogP contribution in [0.3, 0.4) is 0 Å². The number of carbonyl (C=O) groups is 2. The van der Waals surface area contributed by atoms with Crippen LogP contribution in [0.15, 0.2) is 78.9 Å².